The molecule has 0 aliphatic heterocycles. The Morgan fingerprint density at radius 1 is 0.971 bits per heavy atom. The van der Waals surface area contributed by atoms with Crippen molar-refractivity contribution in [3.8, 4) is 23.0 Å². The van der Waals surface area contributed by atoms with E-state index in [2.05, 4.69) is 49.0 Å². The van der Waals surface area contributed by atoms with Crippen molar-refractivity contribution >= 4 is 17.5 Å². The van der Waals surface area contributed by atoms with Gasteiger partial charge in [-0.25, -0.2) is 5.43 Å². The smallest absolute Gasteiger partial charge is 0.265 e. The lowest BCUT2D eigenvalue weighted by Gasteiger charge is -2.17. The summed E-state index contributed by atoms with van der Waals surface area (Å²) in [5.41, 5.74) is 9.13. The summed E-state index contributed by atoms with van der Waals surface area (Å²) in [5, 5.41) is 9.60. The van der Waals surface area contributed by atoms with Crippen molar-refractivity contribution in [2.45, 2.75) is 32.8 Å². The molecule has 35 heavy (non-hydrogen) atoms. The zero-order valence-electron chi connectivity index (χ0n) is 20.4. The summed E-state index contributed by atoms with van der Waals surface area (Å²) < 4.78 is 17.2. The maximum Gasteiger partial charge on any atom is 0.265 e. The van der Waals surface area contributed by atoms with E-state index in [1.54, 1.807) is 14.2 Å². The topological polar surface area (TPSA) is 89.1 Å². The summed E-state index contributed by atoms with van der Waals surface area (Å²) in [6.07, 6.45) is 0.597. The number of halogens is 1. The summed E-state index contributed by atoms with van der Waals surface area (Å²) in [6.45, 7) is 5.18. The van der Waals surface area contributed by atoms with Crippen LogP contribution >= 0.6 is 11.6 Å². The van der Waals surface area contributed by atoms with Crippen molar-refractivity contribution in [1.82, 2.24) is 10.9 Å². The molecule has 0 atom stereocenters. The maximum absolute atomic E-state index is 12.2. The van der Waals surface area contributed by atoms with E-state index in [0.717, 1.165) is 11.1 Å². The van der Waals surface area contributed by atoms with Crippen molar-refractivity contribution in [3.05, 3.63) is 81.9 Å². The van der Waals surface area contributed by atoms with Gasteiger partial charge in [-0.15, -0.1) is 0 Å². The summed E-state index contributed by atoms with van der Waals surface area (Å²) in [4.78, 5) is 12.2. The van der Waals surface area contributed by atoms with Gasteiger partial charge in [-0.05, 0) is 59.4 Å². The number of benzene rings is 3. The van der Waals surface area contributed by atoms with E-state index in [-0.39, 0.29) is 16.7 Å². The molecule has 0 saturated carbocycles. The number of amides is 1. The van der Waals surface area contributed by atoms with Crippen LogP contribution < -0.4 is 25.1 Å². The second-order valence-electron chi connectivity index (χ2n) is 8.31. The number of rotatable bonds is 11. The van der Waals surface area contributed by atoms with E-state index in [9.17, 15) is 9.90 Å². The Hall–Kier alpha value is -3.42. The van der Waals surface area contributed by atoms with Crippen LogP contribution in [0.25, 0.3) is 0 Å². The number of carbonyl (C=O) groups is 1. The first-order valence-corrected chi connectivity index (χ1v) is 11.7. The Morgan fingerprint density at radius 3 is 2.20 bits per heavy atom. The highest BCUT2D eigenvalue weighted by atomic mass is 35.5. The first-order valence-electron chi connectivity index (χ1n) is 11.3. The number of carbonyl (C=O) groups excluding carboxylic acids is 1. The van der Waals surface area contributed by atoms with E-state index in [4.69, 9.17) is 25.8 Å². The van der Waals surface area contributed by atoms with Crippen LogP contribution in [0, 0.1) is 0 Å². The van der Waals surface area contributed by atoms with Crippen molar-refractivity contribution < 1.29 is 24.1 Å². The summed E-state index contributed by atoms with van der Waals surface area (Å²) in [6, 6.07) is 16.4. The fourth-order valence-electron chi connectivity index (χ4n) is 3.44. The molecule has 3 aromatic carbocycles. The molecule has 0 aromatic heterocycles. The average molecular weight is 499 g/mol. The van der Waals surface area contributed by atoms with Gasteiger partial charge >= 0.3 is 0 Å². The van der Waals surface area contributed by atoms with E-state index in [0.29, 0.717) is 48.3 Å². The van der Waals surface area contributed by atoms with Gasteiger partial charge in [0.25, 0.3) is 5.91 Å². The Balaban J connectivity index is 1.59. The molecule has 0 aliphatic rings. The zero-order valence-corrected chi connectivity index (χ0v) is 21.1. The number of hydrazine groups is 1. The van der Waals surface area contributed by atoms with E-state index in [1.165, 1.54) is 23.8 Å². The molecular weight excluding hydrogens is 468 g/mol. The number of aromatic hydroxyl groups is 1. The van der Waals surface area contributed by atoms with Gasteiger partial charge in [-0.2, -0.15) is 0 Å². The summed E-state index contributed by atoms with van der Waals surface area (Å²) in [7, 11) is 3.17. The number of hydrogen-bond donors (Lipinski definition) is 3. The molecule has 3 N–H and O–H groups in total. The largest absolute Gasteiger partial charge is 0.506 e. The second kappa shape index (κ2) is 12.3. The van der Waals surface area contributed by atoms with Gasteiger partial charge in [-0.3, -0.25) is 10.2 Å². The second-order valence-corrected chi connectivity index (χ2v) is 8.72. The van der Waals surface area contributed by atoms with Gasteiger partial charge in [0.2, 0.25) is 5.75 Å². The highest BCUT2D eigenvalue weighted by Crippen LogP contribution is 2.39. The van der Waals surface area contributed by atoms with Crippen LogP contribution in [0.2, 0.25) is 5.02 Å². The summed E-state index contributed by atoms with van der Waals surface area (Å²) >= 11 is 5.86. The molecule has 0 spiro atoms. The van der Waals surface area contributed by atoms with Crippen LogP contribution in [-0.4, -0.2) is 31.8 Å². The predicted octanol–water partition coefficient (Wildman–Crippen LogP) is 5.24. The van der Waals surface area contributed by atoms with Crippen LogP contribution in [-0.2, 0) is 13.0 Å². The monoisotopic (exact) mass is 498 g/mol. The van der Waals surface area contributed by atoms with Crippen LogP contribution in [0.1, 0.15) is 46.8 Å². The molecule has 0 heterocycles. The molecule has 8 heteroatoms. The van der Waals surface area contributed by atoms with E-state index < -0.39 is 0 Å². The number of ether oxygens (including phenoxy) is 3. The third-order valence-electron chi connectivity index (χ3n) is 5.50. The number of methoxy groups -OCH3 is 2. The average Bonchev–Trinajstić information content (AvgIpc) is 2.86. The molecule has 1 amide bonds. The first-order chi connectivity index (χ1) is 16.8. The molecule has 0 aliphatic carbocycles. The number of phenols is 1. The summed E-state index contributed by atoms with van der Waals surface area (Å²) in [5.74, 6) is 1.73. The van der Waals surface area contributed by atoms with Crippen LogP contribution in [0.5, 0.6) is 23.0 Å². The van der Waals surface area contributed by atoms with Crippen molar-refractivity contribution in [1.29, 1.82) is 0 Å². The fourth-order valence-corrected chi connectivity index (χ4v) is 3.63. The van der Waals surface area contributed by atoms with Crippen molar-refractivity contribution in [3.63, 3.8) is 0 Å². The minimum Gasteiger partial charge on any atom is -0.506 e. The molecule has 186 valence electrons. The highest BCUT2D eigenvalue weighted by Gasteiger charge is 2.15. The molecule has 0 radical (unpaired) electrons. The van der Waals surface area contributed by atoms with Crippen LogP contribution in [0.15, 0.2) is 54.6 Å². The van der Waals surface area contributed by atoms with E-state index in [1.807, 2.05) is 12.1 Å². The van der Waals surface area contributed by atoms with Gasteiger partial charge < -0.3 is 19.3 Å². The maximum atomic E-state index is 12.2. The molecule has 7 nitrogen and oxygen atoms in total. The molecular formula is C27H31ClN2O5. The van der Waals surface area contributed by atoms with Gasteiger partial charge in [0.15, 0.2) is 11.5 Å². The Labute approximate surface area is 210 Å². The number of phenolic OH excluding ortho intramolecular Hbond substituents is 1. The number of nitrogens with one attached hydrogen (secondary N) is 2. The van der Waals surface area contributed by atoms with Gasteiger partial charge in [0.1, 0.15) is 12.4 Å². The fraction of sp³-hybridized carbons (Fsp3) is 0.296. The molecule has 3 aromatic rings. The Bertz CT molecular complexity index is 1120. The highest BCUT2D eigenvalue weighted by molar-refractivity contribution is 6.32. The standard InChI is InChI=1S/C27H31ClN2O5/c1-17(2)20-7-5-18(6-8-20)16-35-26-24(33-3)13-19(14-25(26)34-4)11-12-29-30-27(32)21-9-10-23(31)22(28)15-21/h5-10,13-15,17,29,31H,11-12,16H2,1-4H3,(H,30,32). The molecule has 0 saturated heterocycles. The molecule has 3 rings (SSSR count). The Kier molecular flexibility index (Phi) is 9.23. The third-order valence-corrected chi connectivity index (χ3v) is 5.80. The van der Waals surface area contributed by atoms with Gasteiger partial charge in [0, 0.05) is 12.1 Å². The molecule has 0 unspecified atom stereocenters. The SMILES string of the molecule is COc1cc(CCNNC(=O)c2ccc(O)c(Cl)c2)cc(OC)c1OCc1ccc(C(C)C)cc1. The lowest BCUT2D eigenvalue weighted by Crippen LogP contribution is -2.38. The lowest BCUT2D eigenvalue weighted by atomic mass is 10.0. The normalized spacial score (nSPS) is 10.8. The van der Waals surface area contributed by atoms with Gasteiger partial charge in [0.05, 0.1) is 19.2 Å². The van der Waals surface area contributed by atoms with Gasteiger partial charge in [-0.1, -0.05) is 49.7 Å². The molecule has 0 bridgehead atoms. The van der Waals surface area contributed by atoms with Crippen molar-refractivity contribution in [2.24, 2.45) is 0 Å². The first kappa shape index (κ1) is 26.2. The zero-order chi connectivity index (χ0) is 25.4. The predicted molar refractivity (Wildman–Crippen MR) is 137 cm³/mol. The minimum absolute atomic E-state index is 0.0736. The minimum atomic E-state index is -0.354. The van der Waals surface area contributed by atoms with Crippen LogP contribution in [0.3, 0.4) is 0 Å². The Morgan fingerprint density at radius 2 is 1.63 bits per heavy atom. The quantitative estimate of drug-likeness (QED) is 0.247. The number of hydrogen-bond acceptors (Lipinski definition) is 6. The van der Waals surface area contributed by atoms with Crippen molar-refractivity contribution in [2.75, 3.05) is 20.8 Å². The van der Waals surface area contributed by atoms with E-state index >= 15 is 0 Å². The third kappa shape index (κ3) is 7.04. The van der Waals surface area contributed by atoms with Crippen LogP contribution in [0.4, 0.5) is 0 Å². The molecule has 0 fully saturated rings. The lowest BCUT2D eigenvalue weighted by molar-refractivity contribution is 0.0933.